The van der Waals surface area contributed by atoms with Crippen LogP contribution in [0.1, 0.15) is 11.8 Å². The Balaban J connectivity index is 1.89. The minimum atomic E-state index is -0.0136. The van der Waals surface area contributed by atoms with E-state index in [1.165, 1.54) is 4.88 Å². The van der Waals surface area contributed by atoms with Crippen molar-refractivity contribution in [2.75, 3.05) is 25.5 Å². The highest BCUT2D eigenvalue weighted by atomic mass is 79.9. The number of thiophene rings is 1. The molecule has 118 valence electrons. The molecular weight excluding hydrogens is 364 g/mol. The van der Waals surface area contributed by atoms with Crippen LogP contribution in [-0.4, -0.2) is 26.1 Å². The first kappa shape index (κ1) is 17.0. The van der Waals surface area contributed by atoms with E-state index in [1.807, 2.05) is 44.3 Å². The molecule has 1 amide bonds. The van der Waals surface area contributed by atoms with E-state index in [9.17, 15) is 4.79 Å². The Bertz CT molecular complexity index is 630. The van der Waals surface area contributed by atoms with Crippen molar-refractivity contribution in [2.24, 2.45) is 0 Å². The first-order valence-corrected chi connectivity index (χ1v) is 8.76. The van der Waals surface area contributed by atoms with Crippen LogP contribution in [0.5, 0.6) is 5.75 Å². The van der Waals surface area contributed by atoms with Gasteiger partial charge in [-0.05, 0) is 47.1 Å². The summed E-state index contributed by atoms with van der Waals surface area (Å²) in [6.07, 6.45) is 0. The summed E-state index contributed by atoms with van der Waals surface area (Å²) in [5, 5.41) is 2.93. The molecule has 2 N–H and O–H groups in total. The van der Waals surface area contributed by atoms with Gasteiger partial charge >= 0.3 is 0 Å². The van der Waals surface area contributed by atoms with Crippen LogP contribution in [0.15, 0.2) is 40.2 Å². The zero-order valence-corrected chi connectivity index (χ0v) is 15.1. The van der Waals surface area contributed by atoms with Crippen LogP contribution in [-0.2, 0) is 11.3 Å². The third-order valence-electron chi connectivity index (χ3n) is 3.03. The molecule has 0 aliphatic rings. The van der Waals surface area contributed by atoms with Gasteiger partial charge in [-0.25, -0.2) is 0 Å². The van der Waals surface area contributed by atoms with Crippen molar-refractivity contribution in [1.29, 1.82) is 0 Å². The van der Waals surface area contributed by atoms with Crippen molar-refractivity contribution in [3.8, 4) is 5.75 Å². The first-order valence-electron chi connectivity index (χ1n) is 7.15. The fourth-order valence-corrected chi connectivity index (χ4v) is 3.72. The molecular formula is C16H20BrN2O2S+. The second kappa shape index (κ2) is 8.31. The number of amides is 1. The number of nitrogens with one attached hydrogen (secondary N) is 2. The molecule has 1 aromatic carbocycles. The van der Waals surface area contributed by atoms with Crippen LogP contribution in [0.25, 0.3) is 0 Å². The Morgan fingerprint density at radius 3 is 2.77 bits per heavy atom. The molecule has 1 aromatic heterocycles. The maximum atomic E-state index is 12.2. The fourth-order valence-electron chi connectivity index (χ4n) is 2.13. The Hall–Kier alpha value is -1.37. The Morgan fingerprint density at radius 2 is 2.09 bits per heavy atom. The molecule has 2 rings (SSSR count). The van der Waals surface area contributed by atoms with Crippen molar-refractivity contribution < 1.29 is 14.4 Å². The van der Waals surface area contributed by atoms with Gasteiger partial charge in [0.2, 0.25) is 0 Å². The third-order valence-corrected chi connectivity index (χ3v) is 4.65. The van der Waals surface area contributed by atoms with Gasteiger partial charge < -0.3 is 15.0 Å². The Labute approximate surface area is 143 Å². The quantitative estimate of drug-likeness (QED) is 0.771. The molecule has 1 unspecified atom stereocenters. The topological polar surface area (TPSA) is 42.8 Å². The highest BCUT2D eigenvalue weighted by Crippen LogP contribution is 2.23. The molecule has 6 heteroatoms. The molecule has 0 bridgehead atoms. The highest BCUT2D eigenvalue weighted by Gasteiger charge is 2.13. The molecule has 1 heterocycles. The van der Waals surface area contributed by atoms with Gasteiger partial charge in [0.15, 0.2) is 6.54 Å². The van der Waals surface area contributed by atoms with E-state index in [0.717, 1.165) is 20.9 Å². The van der Waals surface area contributed by atoms with Gasteiger partial charge in [-0.2, -0.15) is 0 Å². The number of likely N-dealkylation sites (N-methyl/N-ethyl adjacent to an activating group) is 1. The summed E-state index contributed by atoms with van der Waals surface area (Å²) < 4.78 is 6.63. The van der Waals surface area contributed by atoms with Crippen LogP contribution < -0.4 is 15.0 Å². The minimum absolute atomic E-state index is 0.0136. The zero-order chi connectivity index (χ0) is 15.9. The van der Waals surface area contributed by atoms with Crippen molar-refractivity contribution >= 4 is 38.9 Å². The lowest BCUT2D eigenvalue weighted by atomic mass is 10.3. The van der Waals surface area contributed by atoms with Crippen LogP contribution in [0.3, 0.4) is 0 Å². The molecule has 0 aliphatic carbocycles. The average molecular weight is 384 g/mol. The van der Waals surface area contributed by atoms with Crippen LogP contribution in [0, 0.1) is 0 Å². The lowest BCUT2D eigenvalue weighted by molar-refractivity contribution is -0.884. The number of ether oxygens (including phenoxy) is 1. The van der Waals surface area contributed by atoms with Crippen molar-refractivity contribution in [3.05, 3.63) is 45.1 Å². The number of anilines is 1. The summed E-state index contributed by atoms with van der Waals surface area (Å²) in [6.45, 7) is 3.74. The number of rotatable bonds is 7. The van der Waals surface area contributed by atoms with E-state index in [-0.39, 0.29) is 5.91 Å². The number of benzene rings is 1. The maximum absolute atomic E-state index is 12.2. The first-order chi connectivity index (χ1) is 10.6. The van der Waals surface area contributed by atoms with Gasteiger partial charge in [-0.1, -0.05) is 12.1 Å². The molecule has 0 spiro atoms. The van der Waals surface area contributed by atoms with Crippen LogP contribution in [0.2, 0.25) is 0 Å². The summed E-state index contributed by atoms with van der Waals surface area (Å²) in [5.74, 6) is 0.693. The van der Waals surface area contributed by atoms with Crippen molar-refractivity contribution in [3.63, 3.8) is 0 Å². The van der Waals surface area contributed by atoms with E-state index >= 15 is 0 Å². The number of para-hydroxylation sites is 2. The van der Waals surface area contributed by atoms with E-state index in [1.54, 1.807) is 11.3 Å². The summed E-state index contributed by atoms with van der Waals surface area (Å²) in [4.78, 5) is 14.6. The number of carbonyl (C=O) groups excluding carboxylic acids is 1. The largest absolute Gasteiger partial charge is 0.492 e. The molecule has 0 radical (unpaired) electrons. The van der Waals surface area contributed by atoms with Crippen molar-refractivity contribution in [1.82, 2.24) is 0 Å². The standard InChI is InChI=1S/C16H19BrN2O2S/c1-3-21-14-7-5-4-6-13(14)18-16(20)11-19(2)10-12-8-9-15(17)22-12/h4-9H,3,10-11H2,1-2H3,(H,18,20)/p+1. The van der Waals surface area contributed by atoms with Gasteiger partial charge in [-0.3, -0.25) is 4.79 Å². The number of hydrogen-bond donors (Lipinski definition) is 2. The van der Waals surface area contributed by atoms with Gasteiger partial charge in [0, 0.05) is 0 Å². The predicted molar refractivity (Wildman–Crippen MR) is 93.7 cm³/mol. The zero-order valence-electron chi connectivity index (χ0n) is 12.7. The molecule has 0 saturated carbocycles. The van der Waals surface area contributed by atoms with Gasteiger partial charge in [0.05, 0.1) is 28.0 Å². The van der Waals surface area contributed by atoms with Crippen molar-refractivity contribution in [2.45, 2.75) is 13.5 Å². The fraction of sp³-hybridized carbons (Fsp3) is 0.312. The number of hydrogen-bond acceptors (Lipinski definition) is 3. The molecule has 0 saturated heterocycles. The summed E-state index contributed by atoms with van der Waals surface area (Å²) in [6, 6.07) is 11.6. The minimum Gasteiger partial charge on any atom is -0.492 e. The monoisotopic (exact) mass is 383 g/mol. The summed E-state index contributed by atoms with van der Waals surface area (Å²) in [5.41, 5.74) is 0.723. The van der Waals surface area contributed by atoms with E-state index in [2.05, 4.69) is 27.3 Å². The smallest absolute Gasteiger partial charge is 0.279 e. The lowest BCUT2D eigenvalue weighted by Gasteiger charge is -2.14. The normalized spacial score (nSPS) is 12.0. The maximum Gasteiger partial charge on any atom is 0.279 e. The molecule has 1 atom stereocenters. The number of halogens is 1. The molecule has 2 aromatic rings. The lowest BCUT2D eigenvalue weighted by Crippen LogP contribution is -3.08. The molecule has 4 nitrogen and oxygen atoms in total. The van der Waals surface area contributed by atoms with Crippen LogP contribution in [0.4, 0.5) is 5.69 Å². The molecule has 22 heavy (non-hydrogen) atoms. The summed E-state index contributed by atoms with van der Waals surface area (Å²) in [7, 11) is 2.02. The predicted octanol–water partition coefficient (Wildman–Crippen LogP) is 2.56. The van der Waals surface area contributed by atoms with E-state index in [4.69, 9.17) is 4.74 Å². The van der Waals surface area contributed by atoms with Gasteiger partial charge in [-0.15, -0.1) is 11.3 Å². The number of carbonyl (C=O) groups is 1. The average Bonchev–Trinajstić information content (AvgIpc) is 2.86. The summed E-state index contributed by atoms with van der Waals surface area (Å²) >= 11 is 5.16. The molecule has 0 fully saturated rings. The second-order valence-electron chi connectivity index (χ2n) is 4.99. The van der Waals surface area contributed by atoms with Gasteiger partial charge in [0.1, 0.15) is 12.3 Å². The van der Waals surface area contributed by atoms with Gasteiger partial charge in [0.25, 0.3) is 5.91 Å². The second-order valence-corrected chi connectivity index (χ2v) is 7.54. The van der Waals surface area contributed by atoms with E-state index < -0.39 is 0 Å². The third kappa shape index (κ3) is 5.12. The number of quaternary nitrogens is 1. The highest BCUT2D eigenvalue weighted by molar-refractivity contribution is 9.11. The Kier molecular flexibility index (Phi) is 6.42. The SMILES string of the molecule is CCOc1ccccc1NC(=O)C[NH+](C)Cc1ccc(Br)s1. The van der Waals surface area contributed by atoms with E-state index in [0.29, 0.717) is 18.9 Å². The van der Waals surface area contributed by atoms with Crippen LogP contribution >= 0.6 is 27.3 Å². The molecule has 0 aliphatic heterocycles. The Morgan fingerprint density at radius 1 is 1.32 bits per heavy atom.